The zero-order chi connectivity index (χ0) is 27.2. The predicted octanol–water partition coefficient (Wildman–Crippen LogP) is 6.26. The minimum Gasteiger partial charge on any atom is -0.493 e. The molecule has 1 unspecified atom stereocenters. The summed E-state index contributed by atoms with van der Waals surface area (Å²) in [6.07, 6.45) is 4.99. The molecular formula is C30H36FNO6. The van der Waals surface area contributed by atoms with E-state index in [0.717, 1.165) is 31.7 Å². The first-order valence-corrected chi connectivity index (χ1v) is 13.3. The van der Waals surface area contributed by atoms with Crippen molar-refractivity contribution in [2.45, 2.75) is 65.0 Å². The Morgan fingerprint density at radius 3 is 2.55 bits per heavy atom. The number of hydrogen-bond acceptors (Lipinski definition) is 6. The standard InChI is InChI=1S/C30H36FNO6/c1-5-6-7-8-15-37-24-12-10-20(17-25(24)35-4)27-26-28(33)22-18-21(31)11-13-23(22)38-29(26)30(34)32(27)14-9-16-36-19(2)3/h10-13,17-19,27H,5-9,14-16H2,1-4H3. The molecule has 0 fully saturated rings. The van der Waals surface area contributed by atoms with Gasteiger partial charge in [-0.3, -0.25) is 9.59 Å². The first kappa shape index (κ1) is 27.6. The third-order valence-electron chi connectivity index (χ3n) is 6.68. The van der Waals surface area contributed by atoms with Crippen LogP contribution >= 0.6 is 0 Å². The van der Waals surface area contributed by atoms with E-state index in [0.29, 0.717) is 43.2 Å². The summed E-state index contributed by atoms with van der Waals surface area (Å²) in [5.74, 6) is 0.169. The van der Waals surface area contributed by atoms with E-state index in [4.69, 9.17) is 18.6 Å². The fourth-order valence-corrected chi connectivity index (χ4v) is 4.81. The number of carbonyl (C=O) groups excluding carboxylic acids is 1. The van der Waals surface area contributed by atoms with Gasteiger partial charge in [0.15, 0.2) is 16.9 Å². The Morgan fingerprint density at radius 1 is 1.00 bits per heavy atom. The third kappa shape index (κ3) is 5.85. The molecule has 2 aromatic carbocycles. The number of amides is 1. The number of ether oxygens (including phenoxy) is 3. The Hall–Kier alpha value is -3.39. The van der Waals surface area contributed by atoms with Gasteiger partial charge in [0.25, 0.3) is 5.91 Å². The molecule has 7 nitrogen and oxygen atoms in total. The van der Waals surface area contributed by atoms with Gasteiger partial charge in [-0.1, -0.05) is 32.3 Å². The number of carbonyl (C=O) groups is 1. The van der Waals surface area contributed by atoms with Crippen LogP contribution in [-0.4, -0.2) is 43.8 Å². The molecule has 0 aliphatic carbocycles. The Kier molecular flexibility index (Phi) is 9.05. The van der Waals surface area contributed by atoms with Crippen LogP contribution in [0.4, 0.5) is 4.39 Å². The van der Waals surface area contributed by atoms with Crippen molar-refractivity contribution in [3.8, 4) is 11.5 Å². The van der Waals surface area contributed by atoms with Gasteiger partial charge >= 0.3 is 0 Å². The van der Waals surface area contributed by atoms with E-state index in [1.165, 1.54) is 12.1 Å². The lowest BCUT2D eigenvalue weighted by Crippen LogP contribution is -2.31. The van der Waals surface area contributed by atoms with Crippen molar-refractivity contribution in [2.24, 2.45) is 0 Å². The van der Waals surface area contributed by atoms with Gasteiger partial charge in [-0.05, 0) is 62.6 Å². The van der Waals surface area contributed by atoms with Gasteiger partial charge in [-0.25, -0.2) is 4.39 Å². The molecule has 0 saturated carbocycles. The number of unbranched alkanes of at least 4 members (excludes halogenated alkanes) is 3. The number of nitrogens with zero attached hydrogens (tertiary/aromatic N) is 1. The van der Waals surface area contributed by atoms with Crippen LogP contribution in [0, 0.1) is 5.82 Å². The Bertz CT molecular complexity index is 1330. The number of hydrogen-bond donors (Lipinski definition) is 0. The van der Waals surface area contributed by atoms with Crippen LogP contribution < -0.4 is 14.9 Å². The summed E-state index contributed by atoms with van der Waals surface area (Å²) >= 11 is 0. The molecule has 8 heteroatoms. The normalized spacial score (nSPS) is 14.9. The van der Waals surface area contributed by atoms with Gasteiger partial charge in [0.2, 0.25) is 5.76 Å². The van der Waals surface area contributed by atoms with Crippen LogP contribution in [0.1, 0.15) is 80.6 Å². The van der Waals surface area contributed by atoms with E-state index in [-0.39, 0.29) is 34.3 Å². The monoisotopic (exact) mass is 525 g/mol. The molecule has 38 heavy (non-hydrogen) atoms. The van der Waals surface area contributed by atoms with Crippen molar-refractivity contribution in [2.75, 3.05) is 26.9 Å². The third-order valence-corrected chi connectivity index (χ3v) is 6.68. The second-order valence-corrected chi connectivity index (χ2v) is 9.81. The van der Waals surface area contributed by atoms with E-state index >= 15 is 0 Å². The highest BCUT2D eigenvalue weighted by Gasteiger charge is 2.42. The molecule has 1 aromatic heterocycles. The maximum absolute atomic E-state index is 14.0. The highest BCUT2D eigenvalue weighted by Crippen LogP contribution is 2.41. The summed E-state index contributed by atoms with van der Waals surface area (Å²) in [5.41, 5.74) is 0.639. The van der Waals surface area contributed by atoms with Crippen LogP contribution in [0.25, 0.3) is 11.0 Å². The Morgan fingerprint density at radius 2 is 1.82 bits per heavy atom. The molecule has 2 heterocycles. The van der Waals surface area contributed by atoms with Crippen molar-refractivity contribution >= 4 is 16.9 Å². The van der Waals surface area contributed by atoms with Crippen LogP contribution in [0.3, 0.4) is 0 Å². The van der Waals surface area contributed by atoms with E-state index in [1.807, 2.05) is 19.9 Å². The van der Waals surface area contributed by atoms with Crippen molar-refractivity contribution < 1.29 is 27.8 Å². The second-order valence-electron chi connectivity index (χ2n) is 9.81. The molecule has 1 amide bonds. The smallest absolute Gasteiger partial charge is 0.290 e. The summed E-state index contributed by atoms with van der Waals surface area (Å²) in [6.45, 7) is 7.45. The minimum absolute atomic E-state index is 0.0147. The Balaban J connectivity index is 1.72. The lowest BCUT2D eigenvalue weighted by molar-refractivity contribution is 0.0593. The highest BCUT2D eigenvalue weighted by atomic mass is 19.1. The summed E-state index contributed by atoms with van der Waals surface area (Å²) < 4.78 is 37.2. The van der Waals surface area contributed by atoms with Gasteiger partial charge in [0.1, 0.15) is 11.4 Å². The summed E-state index contributed by atoms with van der Waals surface area (Å²) in [5, 5.41) is 0.102. The molecule has 0 bridgehead atoms. The minimum atomic E-state index is -0.715. The fraction of sp³-hybridized carbons (Fsp3) is 0.467. The van der Waals surface area contributed by atoms with Crippen LogP contribution in [0.15, 0.2) is 45.6 Å². The van der Waals surface area contributed by atoms with Crippen molar-refractivity contribution in [3.63, 3.8) is 0 Å². The van der Waals surface area contributed by atoms with Crippen LogP contribution in [0.5, 0.6) is 11.5 Å². The summed E-state index contributed by atoms with van der Waals surface area (Å²) in [4.78, 5) is 28.8. The molecule has 1 aliphatic rings. The van der Waals surface area contributed by atoms with E-state index < -0.39 is 17.3 Å². The van der Waals surface area contributed by atoms with E-state index in [1.54, 1.807) is 24.1 Å². The quantitative estimate of drug-likeness (QED) is 0.245. The molecule has 0 radical (unpaired) electrons. The topological polar surface area (TPSA) is 78.2 Å². The first-order chi connectivity index (χ1) is 18.3. The zero-order valence-corrected chi connectivity index (χ0v) is 22.6. The average Bonchev–Trinajstić information content (AvgIpc) is 3.18. The van der Waals surface area contributed by atoms with Crippen LogP contribution in [0.2, 0.25) is 0 Å². The average molecular weight is 526 g/mol. The number of rotatable bonds is 13. The first-order valence-electron chi connectivity index (χ1n) is 13.3. The van der Waals surface area contributed by atoms with E-state index in [9.17, 15) is 14.0 Å². The molecule has 204 valence electrons. The Labute approximate surface area is 222 Å². The van der Waals surface area contributed by atoms with Crippen molar-refractivity contribution in [1.29, 1.82) is 0 Å². The lowest BCUT2D eigenvalue weighted by Gasteiger charge is -2.26. The van der Waals surface area contributed by atoms with Crippen LogP contribution in [-0.2, 0) is 4.74 Å². The fourth-order valence-electron chi connectivity index (χ4n) is 4.81. The van der Waals surface area contributed by atoms with Gasteiger partial charge < -0.3 is 23.5 Å². The number of methoxy groups -OCH3 is 1. The predicted molar refractivity (Wildman–Crippen MR) is 144 cm³/mol. The largest absolute Gasteiger partial charge is 0.493 e. The van der Waals surface area contributed by atoms with Gasteiger partial charge in [0.05, 0.1) is 36.8 Å². The van der Waals surface area contributed by atoms with Gasteiger partial charge in [0, 0.05) is 13.2 Å². The summed E-state index contributed by atoms with van der Waals surface area (Å²) in [7, 11) is 1.56. The van der Waals surface area contributed by atoms with Gasteiger partial charge in [-0.2, -0.15) is 0 Å². The SMILES string of the molecule is CCCCCCOc1ccc(C2c3c(oc4ccc(F)cc4c3=O)C(=O)N2CCCOC(C)C)cc1OC. The number of halogens is 1. The maximum atomic E-state index is 14.0. The molecular weight excluding hydrogens is 489 g/mol. The van der Waals surface area contributed by atoms with E-state index in [2.05, 4.69) is 6.92 Å². The number of fused-ring (bicyclic) bond motifs is 2. The molecule has 0 saturated heterocycles. The molecule has 3 aromatic rings. The van der Waals surface area contributed by atoms with Gasteiger partial charge in [-0.15, -0.1) is 0 Å². The summed E-state index contributed by atoms with van der Waals surface area (Å²) in [6, 6.07) is 8.46. The maximum Gasteiger partial charge on any atom is 0.290 e. The van der Waals surface area contributed by atoms with Crippen molar-refractivity contribution in [1.82, 2.24) is 4.90 Å². The molecule has 0 spiro atoms. The highest BCUT2D eigenvalue weighted by molar-refractivity contribution is 5.99. The van der Waals surface area contributed by atoms with Crippen molar-refractivity contribution in [3.05, 3.63) is 69.3 Å². The molecule has 1 atom stereocenters. The second kappa shape index (κ2) is 12.4. The molecule has 1 aliphatic heterocycles. The lowest BCUT2D eigenvalue weighted by atomic mass is 9.98. The molecule has 0 N–H and O–H groups in total. The zero-order valence-electron chi connectivity index (χ0n) is 22.6. The number of benzene rings is 2. The molecule has 4 rings (SSSR count).